The summed E-state index contributed by atoms with van der Waals surface area (Å²) in [4.78, 5) is 23.0. The maximum Gasteiger partial charge on any atom is 0.257 e. The number of aromatic nitrogens is 2. The molecule has 2 aromatic heterocycles. The zero-order chi connectivity index (χ0) is 16.1. The van der Waals surface area contributed by atoms with E-state index in [0.29, 0.717) is 18.0 Å². The summed E-state index contributed by atoms with van der Waals surface area (Å²) in [6, 6.07) is 7.42. The topological polar surface area (TPSA) is 67.3 Å². The number of ether oxygens (including phenoxy) is 1. The number of pyridine rings is 2. The number of carbonyl (C=O) groups is 1. The molecule has 2 aromatic rings. The predicted molar refractivity (Wildman–Crippen MR) is 87.6 cm³/mol. The molecule has 6 nitrogen and oxygen atoms in total. The van der Waals surface area contributed by atoms with E-state index in [9.17, 15) is 4.79 Å². The SMILES string of the molecule is COc1ncccc1C(=O)NCc1ccc(N2CCCC2)nc1. The highest BCUT2D eigenvalue weighted by Gasteiger charge is 2.14. The van der Waals surface area contributed by atoms with Crippen LogP contribution in [0.3, 0.4) is 0 Å². The number of hydrogen-bond donors (Lipinski definition) is 1. The fraction of sp³-hybridized carbons (Fsp3) is 0.353. The van der Waals surface area contributed by atoms with Crippen LogP contribution in [0.2, 0.25) is 0 Å². The molecule has 0 spiro atoms. The van der Waals surface area contributed by atoms with Crippen LogP contribution in [0.25, 0.3) is 0 Å². The summed E-state index contributed by atoms with van der Waals surface area (Å²) in [5.41, 5.74) is 1.39. The molecular weight excluding hydrogens is 292 g/mol. The molecule has 0 radical (unpaired) electrons. The van der Waals surface area contributed by atoms with E-state index < -0.39 is 0 Å². The van der Waals surface area contributed by atoms with Gasteiger partial charge in [-0.25, -0.2) is 9.97 Å². The van der Waals surface area contributed by atoms with Crippen molar-refractivity contribution in [3.8, 4) is 5.88 Å². The van der Waals surface area contributed by atoms with Gasteiger partial charge in [0.2, 0.25) is 5.88 Å². The predicted octanol–water partition coefficient (Wildman–Crippen LogP) is 2.02. The van der Waals surface area contributed by atoms with Crippen LogP contribution in [0.5, 0.6) is 5.88 Å². The Morgan fingerprint density at radius 1 is 1.26 bits per heavy atom. The Morgan fingerprint density at radius 2 is 2.09 bits per heavy atom. The van der Waals surface area contributed by atoms with E-state index in [1.54, 1.807) is 18.3 Å². The van der Waals surface area contributed by atoms with Crippen LogP contribution in [0.4, 0.5) is 5.82 Å². The highest BCUT2D eigenvalue weighted by molar-refractivity contribution is 5.96. The van der Waals surface area contributed by atoms with Gasteiger partial charge in [0.25, 0.3) is 5.91 Å². The lowest BCUT2D eigenvalue weighted by atomic mass is 10.2. The van der Waals surface area contributed by atoms with Crippen molar-refractivity contribution in [1.82, 2.24) is 15.3 Å². The van der Waals surface area contributed by atoms with Gasteiger partial charge in [0, 0.05) is 32.0 Å². The van der Waals surface area contributed by atoms with Gasteiger partial charge >= 0.3 is 0 Å². The summed E-state index contributed by atoms with van der Waals surface area (Å²) < 4.78 is 5.10. The first-order valence-electron chi connectivity index (χ1n) is 7.75. The van der Waals surface area contributed by atoms with Crippen molar-refractivity contribution in [3.05, 3.63) is 47.8 Å². The van der Waals surface area contributed by atoms with Gasteiger partial charge in [-0.1, -0.05) is 6.07 Å². The third-order valence-corrected chi connectivity index (χ3v) is 3.90. The second-order valence-electron chi connectivity index (χ2n) is 5.46. The number of hydrogen-bond acceptors (Lipinski definition) is 5. The number of anilines is 1. The molecule has 1 amide bonds. The molecule has 23 heavy (non-hydrogen) atoms. The zero-order valence-electron chi connectivity index (χ0n) is 13.2. The fourth-order valence-corrected chi connectivity index (χ4v) is 2.66. The Morgan fingerprint density at radius 3 is 2.78 bits per heavy atom. The van der Waals surface area contributed by atoms with E-state index in [4.69, 9.17) is 4.74 Å². The van der Waals surface area contributed by atoms with Crippen molar-refractivity contribution in [2.75, 3.05) is 25.1 Å². The average molecular weight is 312 g/mol. The Kier molecular flexibility index (Phi) is 4.71. The van der Waals surface area contributed by atoms with Crippen LogP contribution in [0.15, 0.2) is 36.7 Å². The summed E-state index contributed by atoms with van der Waals surface area (Å²) in [6.07, 6.45) is 5.86. The summed E-state index contributed by atoms with van der Waals surface area (Å²) >= 11 is 0. The van der Waals surface area contributed by atoms with Crippen LogP contribution in [0.1, 0.15) is 28.8 Å². The van der Waals surface area contributed by atoms with E-state index in [1.165, 1.54) is 20.0 Å². The smallest absolute Gasteiger partial charge is 0.257 e. The molecule has 1 N–H and O–H groups in total. The molecule has 3 rings (SSSR count). The molecule has 0 bridgehead atoms. The maximum atomic E-state index is 12.2. The van der Waals surface area contributed by atoms with Crippen LogP contribution in [-0.2, 0) is 6.54 Å². The Balaban J connectivity index is 1.60. The van der Waals surface area contributed by atoms with Crippen molar-refractivity contribution < 1.29 is 9.53 Å². The standard InChI is InChI=1S/C17H20N4O2/c1-23-17-14(5-4-8-18-17)16(22)20-12-13-6-7-15(19-11-13)21-9-2-3-10-21/h4-8,11H,2-3,9-10,12H2,1H3,(H,20,22). The van der Waals surface area contributed by atoms with Gasteiger partial charge in [-0.3, -0.25) is 4.79 Å². The molecule has 1 fully saturated rings. The van der Waals surface area contributed by atoms with Crippen LogP contribution in [-0.4, -0.2) is 36.1 Å². The minimum absolute atomic E-state index is 0.210. The monoisotopic (exact) mass is 312 g/mol. The molecular formula is C17H20N4O2. The molecule has 0 saturated carbocycles. The maximum absolute atomic E-state index is 12.2. The number of amides is 1. The Hall–Kier alpha value is -2.63. The molecule has 0 aromatic carbocycles. The van der Waals surface area contributed by atoms with Gasteiger partial charge < -0.3 is 15.0 Å². The lowest BCUT2D eigenvalue weighted by molar-refractivity contribution is 0.0947. The van der Waals surface area contributed by atoms with Crippen molar-refractivity contribution in [1.29, 1.82) is 0 Å². The molecule has 3 heterocycles. The minimum atomic E-state index is -0.210. The highest BCUT2D eigenvalue weighted by atomic mass is 16.5. The minimum Gasteiger partial charge on any atom is -0.480 e. The molecule has 120 valence electrons. The number of methoxy groups -OCH3 is 1. The second-order valence-corrected chi connectivity index (χ2v) is 5.46. The Labute approximate surface area is 135 Å². The lowest BCUT2D eigenvalue weighted by Gasteiger charge is -2.16. The number of nitrogens with zero attached hydrogens (tertiary/aromatic N) is 3. The summed E-state index contributed by atoms with van der Waals surface area (Å²) in [5.74, 6) is 1.12. The third kappa shape index (κ3) is 3.59. The van der Waals surface area contributed by atoms with Gasteiger partial charge in [0.1, 0.15) is 11.4 Å². The van der Waals surface area contributed by atoms with Crippen molar-refractivity contribution in [2.45, 2.75) is 19.4 Å². The summed E-state index contributed by atoms with van der Waals surface area (Å²) in [5, 5.41) is 2.87. The normalized spacial score (nSPS) is 13.9. The van der Waals surface area contributed by atoms with Crippen LogP contribution < -0.4 is 15.0 Å². The second kappa shape index (κ2) is 7.09. The first-order chi connectivity index (χ1) is 11.3. The van der Waals surface area contributed by atoms with Crippen molar-refractivity contribution in [2.24, 2.45) is 0 Å². The quantitative estimate of drug-likeness (QED) is 0.915. The van der Waals surface area contributed by atoms with E-state index in [-0.39, 0.29) is 5.91 Å². The summed E-state index contributed by atoms with van der Waals surface area (Å²) in [7, 11) is 1.50. The van der Waals surface area contributed by atoms with Gasteiger partial charge in [0.05, 0.1) is 7.11 Å². The van der Waals surface area contributed by atoms with Gasteiger partial charge in [-0.15, -0.1) is 0 Å². The first-order valence-corrected chi connectivity index (χ1v) is 7.75. The molecule has 6 heteroatoms. The summed E-state index contributed by atoms with van der Waals surface area (Å²) in [6.45, 7) is 2.57. The molecule has 1 aliphatic heterocycles. The van der Waals surface area contributed by atoms with Crippen LogP contribution in [0, 0.1) is 0 Å². The number of carbonyl (C=O) groups excluding carboxylic acids is 1. The molecule has 1 saturated heterocycles. The first kappa shape index (κ1) is 15.3. The van der Waals surface area contributed by atoms with E-state index >= 15 is 0 Å². The number of nitrogens with one attached hydrogen (secondary N) is 1. The fourth-order valence-electron chi connectivity index (χ4n) is 2.66. The van der Waals surface area contributed by atoms with Crippen molar-refractivity contribution >= 4 is 11.7 Å². The largest absolute Gasteiger partial charge is 0.480 e. The molecule has 0 atom stereocenters. The number of rotatable bonds is 5. The molecule has 1 aliphatic rings. The Bertz CT molecular complexity index is 667. The lowest BCUT2D eigenvalue weighted by Crippen LogP contribution is -2.24. The zero-order valence-corrected chi connectivity index (χ0v) is 13.2. The highest BCUT2D eigenvalue weighted by Crippen LogP contribution is 2.18. The van der Waals surface area contributed by atoms with Gasteiger partial charge in [-0.05, 0) is 36.6 Å². The molecule has 0 unspecified atom stereocenters. The van der Waals surface area contributed by atoms with E-state index in [2.05, 4.69) is 20.2 Å². The third-order valence-electron chi connectivity index (χ3n) is 3.90. The van der Waals surface area contributed by atoms with E-state index in [0.717, 1.165) is 24.5 Å². The van der Waals surface area contributed by atoms with Crippen molar-refractivity contribution in [3.63, 3.8) is 0 Å². The average Bonchev–Trinajstić information content (AvgIpc) is 3.14. The van der Waals surface area contributed by atoms with Gasteiger partial charge in [0.15, 0.2) is 0 Å². The van der Waals surface area contributed by atoms with Crippen LogP contribution >= 0.6 is 0 Å². The molecule has 0 aliphatic carbocycles. The van der Waals surface area contributed by atoms with Gasteiger partial charge in [-0.2, -0.15) is 0 Å². The van der Waals surface area contributed by atoms with E-state index in [1.807, 2.05) is 18.3 Å².